The molecule has 1 aliphatic carbocycles. The maximum atomic E-state index is 9.59. The average Bonchev–Trinajstić information content (AvgIpc) is 2.90. The van der Waals surface area contributed by atoms with Gasteiger partial charge in [-0.15, -0.1) is 0 Å². The first-order chi connectivity index (χ1) is 7.83. The molecule has 1 unspecified atom stereocenters. The van der Waals surface area contributed by atoms with Gasteiger partial charge < -0.3 is 14.6 Å². The lowest BCUT2D eigenvalue weighted by molar-refractivity contribution is 0.140. The van der Waals surface area contributed by atoms with Crippen molar-refractivity contribution in [1.29, 1.82) is 0 Å². The number of fused-ring (bicyclic) bond motifs is 1. The Balaban J connectivity index is 1.76. The number of hydrogen-bond donors (Lipinski definition) is 1. The van der Waals surface area contributed by atoms with E-state index < -0.39 is 6.10 Å². The Labute approximate surface area is 95.0 Å². The van der Waals surface area contributed by atoms with Crippen LogP contribution in [0.4, 0.5) is 0 Å². The van der Waals surface area contributed by atoms with Crippen molar-refractivity contribution in [2.75, 3.05) is 6.61 Å². The zero-order valence-electron chi connectivity index (χ0n) is 9.19. The smallest absolute Gasteiger partial charge is 0.129 e. The molecule has 0 aromatic heterocycles. The van der Waals surface area contributed by atoms with Crippen molar-refractivity contribution in [3.8, 4) is 11.5 Å². The van der Waals surface area contributed by atoms with E-state index in [0.29, 0.717) is 12.7 Å². The van der Waals surface area contributed by atoms with E-state index in [4.69, 9.17) is 9.47 Å². The Kier molecular flexibility index (Phi) is 2.48. The van der Waals surface area contributed by atoms with E-state index in [1.54, 1.807) is 0 Å². The Morgan fingerprint density at radius 2 is 2.06 bits per heavy atom. The van der Waals surface area contributed by atoms with Crippen molar-refractivity contribution < 1.29 is 14.6 Å². The molecule has 16 heavy (non-hydrogen) atoms. The Morgan fingerprint density at radius 3 is 2.88 bits per heavy atom. The second kappa shape index (κ2) is 3.98. The van der Waals surface area contributed by atoms with Crippen LogP contribution in [0.1, 0.15) is 37.4 Å². The predicted molar refractivity (Wildman–Crippen MR) is 59.8 cm³/mol. The molecule has 1 heterocycles. The minimum absolute atomic E-state index is 0.363. The summed E-state index contributed by atoms with van der Waals surface area (Å²) in [6.07, 6.45) is 4.73. The van der Waals surface area contributed by atoms with E-state index in [1.807, 2.05) is 18.2 Å². The molecule has 1 aromatic carbocycles. The first kappa shape index (κ1) is 9.97. The van der Waals surface area contributed by atoms with E-state index in [1.165, 1.54) is 12.8 Å². The summed E-state index contributed by atoms with van der Waals surface area (Å²) in [6.45, 7) is 0.363. The molecule has 2 aliphatic rings. The van der Waals surface area contributed by atoms with E-state index in [0.717, 1.165) is 29.9 Å². The summed E-state index contributed by atoms with van der Waals surface area (Å²) >= 11 is 0. The van der Waals surface area contributed by atoms with E-state index in [-0.39, 0.29) is 0 Å². The van der Waals surface area contributed by atoms with Gasteiger partial charge in [-0.05, 0) is 37.8 Å². The van der Waals surface area contributed by atoms with Crippen LogP contribution in [0, 0.1) is 0 Å². The molecule has 1 fully saturated rings. The van der Waals surface area contributed by atoms with Crippen molar-refractivity contribution in [2.45, 2.75) is 37.9 Å². The molecule has 3 rings (SSSR count). The number of aliphatic hydroxyl groups is 1. The molecule has 86 valence electrons. The summed E-state index contributed by atoms with van der Waals surface area (Å²) in [6, 6.07) is 5.72. The van der Waals surface area contributed by atoms with Gasteiger partial charge in [0.1, 0.15) is 24.2 Å². The molecule has 0 amide bonds. The van der Waals surface area contributed by atoms with Crippen molar-refractivity contribution in [3.05, 3.63) is 23.8 Å². The maximum absolute atomic E-state index is 9.59. The van der Waals surface area contributed by atoms with Gasteiger partial charge in [0.05, 0.1) is 6.10 Å². The van der Waals surface area contributed by atoms with Crippen LogP contribution in [0.25, 0.3) is 0 Å². The SMILES string of the molecule is OC1COc2cc(OC3CCCC3)ccc21. The van der Waals surface area contributed by atoms with Crippen molar-refractivity contribution in [3.63, 3.8) is 0 Å². The monoisotopic (exact) mass is 220 g/mol. The summed E-state index contributed by atoms with van der Waals surface area (Å²) in [7, 11) is 0. The fourth-order valence-electron chi connectivity index (χ4n) is 2.45. The van der Waals surface area contributed by atoms with Crippen LogP contribution in [0.2, 0.25) is 0 Å². The average molecular weight is 220 g/mol. The van der Waals surface area contributed by atoms with Gasteiger partial charge in [0.15, 0.2) is 0 Å². The molecule has 3 heteroatoms. The van der Waals surface area contributed by atoms with Crippen LogP contribution in [0.3, 0.4) is 0 Å². The third-order valence-electron chi connectivity index (χ3n) is 3.35. The van der Waals surface area contributed by atoms with Gasteiger partial charge in [-0.2, -0.15) is 0 Å². The molecule has 0 saturated heterocycles. The first-order valence-electron chi connectivity index (χ1n) is 5.94. The summed E-state index contributed by atoms with van der Waals surface area (Å²) in [5, 5.41) is 9.59. The van der Waals surface area contributed by atoms with Gasteiger partial charge in [0.2, 0.25) is 0 Å². The largest absolute Gasteiger partial charge is 0.490 e. The number of aliphatic hydroxyl groups excluding tert-OH is 1. The molecule has 1 atom stereocenters. The summed E-state index contributed by atoms with van der Waals surface area (Å²) in [4.78, 5) is 0. The number of rotatable bonds is 2. The number of benzene rings is 1. The van der Waals surface area contributed by atoms with Crippen molar-refractivity contribution in [1.82, 2.24) is 0 Å². The van der Waals surface area contributed by atoms with E-state index in [9.17, 15) is 5.11 Å². The predicted octanol–water partition coefficient (Wildman–Crippen LogP) is 2.43. The summed E-state index contributed by atoms with van der Waals surface area (Å²) in [5.41, 5.74) is 0.874. The van der Waals surface area contributed by atoms with Gasteiger partial charge in [-0.3, -0.25) is 0 Å². The first-order valence-corrected chi connectivity index (χ1v) is 5.94. The van der Waals surface area contributed by atoms with Gasteiger partial charge in [0.25, 0.3) is 0 Å². The quantitative estimate of drug-likeness (QED) is 0.832. The van der Waals surface area contributed by atoms with Crippen LogP contribution in [-0.2, 0) is 0 Å². The topological polar surface area (TPSA) is 38.7 Å². The normalized spacial score (nSPS) is 24.2. The fourth-order valence-corrected chi connectivity index (χ4v) is 2.45. The molecule has 1 N–H and O–H groups in total. The van der Waals surface area contributed by atoms with Gasteiger partial charge in [-0.25, -0.2) is 0 Å². The molecule has 0 radical (unpaired) electrons. The molecule has 1 aromatic rings. The molecule has 0 spiro atoms. The number of hydrogen-bond acceptors (Lipinski definition) is 3. The molecule has 1 saturated carbocycles. The van der Waals surface area contributed by atoms with Crippen LogP contribution in [0.15, 0.2) is 18.2 Å². The Bertz CT molecular complexity index is 383. The zero-order valence-corrected chi connectivity index (χ0v) is 9.19. The highest BCUT2D eigenvalue weighted by molar-refractivity contribution is 5.44. The van der Waals surface area contributed by atoms with Gasteiger partial charge in [0, 0.05) is 11.6 Å². The molecule has 1 aliphatic heterocycles. The van der Waals surface area contributed by atoms with E-state index >= 15 is 0 Å². The lowest BCUT2D eigenvalue weighted by atomic mass is 10.1. The highest BCUT2D eigenvalue weighted by Crippen LogP contribution is 2.36. The second-order valence-corrected chi connectivity index (χ2v) is 4.55. The number of ether oxygens (including phenoxy) is 2. The molecular formula is C13H16O3. The van der Waals surface area contributed by atoms with E-state index in [2.05, 4.69) is 0 Å². The van der Waals surface area contributed by atoms with Crippen molar-refractivity contribution >= 4 is 0 Å². The molecule has 3 nitrogen and oxygen atoms in total. The third kappa shape index (κ3) is 1.76. The zero-order chi connectivity index (χ0) is 11.0. The Hall–Kier alpha value is -1.22. The van der Waals surface area contributed by atoms with Gasteiger partial charge >= 0.3 is 0 Å². The summed E-state index contributed by atoms with van der Waals surface area (Å²) < 4.78 is 11.3. The fraction of sp³-hybridized carbons (Fsp3) is 0.538. The van der Waals surface area contributed by atoms with Crippen LogP contribution >= 0.6 is 0 Å². The van der Waals surface area contributed by atoms with Gasteiger partial charge in [-0.1, -0.05) is 0 Å². The lowest BCUT2D eigenvalue weighted by Crippen LogP contribution is -2.10. The van der Waals surface area contributed by atoms with Crippen molar-refractivity contribution in [2.24, 2.45) is 0 Å². The maximum Gasteiger partial charge on any atom is 0.129 e. The highest BCUT2D eigenvalue weighted by Gasteiger charge is 2.23. The lowest BCUT2D eigenvalue weighted by Gasteiger charge is -2.13. The minimum atomic E-state index is -0.476. The Morgan fingerprint density at radius 1 is 1.25 bits per heavy atom. The minimum Gasteiger partial charge on any atom is -0.490 e. The summed E-state index contributed by atoms with van der Waals surface area (Å²) in [5.74, 6) is 1.63. The third-order valence-corrected chi connectivity index (χ3v) is 3.35. The second-order valence-electron chi connectivity index (χ2n) is 4.55. The molecular weight excluding hydrogens is 204 g/mol. The van der Waals surface area contributed by atoms with Crippen LogP contribution in [-0.4, -0.2) is 17.8 Å². The highest BCUT2D eigenvalue weighted by atomic mass is 16.5. The van der Waals surface area contributed by atoms with Crippen LogP contribution < -0.4 is 9.47 Å². The standard InChI is InChI=1S/C13H16O3/c14-12-8-15-13-7-10(5-6-11(12)13)16-9-3-1-2-4-9/h5-7,9,12,14H,1-4,8H2. The van der Waals surface area contributed by atoms with Crippen LogP contribution in [0.5, 0.6) is 11.5 Å². The molecule has 0 bridgehead atoms.